The van der Waals surface area contributed by atoms with Crippen molar-refractivity contribution in [1.29, 1.82) is 0 Å². The van der Waals surface area contributed by atoms with Crippen molar-refractivity contribution in [3.05, 3.63) is 28.5 Å². The first-order valence-electron chi connectivity index (χ1n) is 6.60. The quantitative estimate of drug-likeness (QED) is 0.603. The SMILES string of the molecule is Cc1nc(C(=O)NF)sc1-c1cnc(NCC(F)(F)F)cc1C(F)F. The molecule has 2 heterocycles. The summed E-state index contributed by atoms with van der Waals surface area (Å²) in [5.74, 6) is -1.50. The zero-order valence-corrected chi connectivity index (χ0v) is 13.2. The molecule has 0 saturated carbocycles. The number of hydrogen-bond donors (Lipinski definition) is 2. The van der Waals surface area contributed by atoms with Gasteiger partial charge in [-0.15, -0.1) is 11.3 Å². The Morgan fingerprint density at radius 2 is 2.04 bits per heavy atom. The first-order valence-corrected chi connectivity index (χ1v) is 7.41. The number of amides is 1. The van der Waals surface area contributed by atoms with Crippen molar-refractivity contribution in [2.24, 2.45) is 0 Å². The number of thiazole rings is 1. The smallest absolute Gasteiger partial charge is 0.361 e. The maximum atomic E-state index is 13.3. The van der Waals surface area contributed by atoms with Crippen LogP contribution in [-0.4, -0.2) is 28.6 Å². The maximum absolute atomic E-state index is 13.3. The molecule has 136 valence electrons. The molecule has 0 radical (unpaired) electrons. The average Bonchev–Trinajstić information content (AvgIpc) is 2.93. The second-order valence-electron chi connectivity index (χ2n) is 4.78. The molecule has 2 N–H and O–H groups in total. The number of carbonyl (C=O) groups is 1. The van der Waals surface area contributed by atoms with Crippen LogP contribution in [0.25, 0.3) is 10.4 Å². The molecular weight excluding hydrogens is 374 g/mol. The highest BCUT2D eigenvalue weighted by molar-refractivity contribution is 7.17. The topological polar surface area (TPSA) is 66.9 Å². The van der Waals surface area contributed by atoms with Gasteiger partial charge in [-0.2, -0.15) is 18.7 Å². The number of aryl methyl sites for hydroxylation is 1. The molecule has 2 rings (SSSR count). The molecule has 0 aliphatic rings. The minimum atomic E-state index is -4.53. The second-order valence-corrected chi connectivity index (χ2v) is 5.78. The Labute approximate surface area is 141 Å². The number of nitrogens with zero attached hydrogens (tertiary/aromatic N) is 2. The zero-order valence-electron chi connectivity index (χ0n) is 12.4. The summed E-state index contributed by atoms with van der Waals surface area (Å²) in [6.45, 7) is -0.00562. The summed E-state index contributed by atoms with van der Waals surface area (Å²) >= 11 is 0.663. The van der Waals surface area contributed by atoms with E-state index in [0.717, 1.165) is 17.8 Å². The van der Waals surface area contributed by atoms with E-state index in [4.69, 9.17) is 0 Å². The molecule has 0 atom stereocenters. The fourth-order valence-electron chi connectivity index (χ4n) is 1.91. The Bertz CT molecular complexity index is 776. The molecule has 12 heteroatoms. The molecule has 1 amide bonds. The van der Waals surface area contributed by atoms with Crippen LogP contribution in [0.4, 0.5) is 32.3 Å². The van der Waals surface area contributed by atoms with E-state index in [1.807, 2.05) is 5.32 Å². The van der Waals surface area contributed by atoms with E-state index in [1.165, 1.54) is 6.92 Å². The Balaban J connectivity index is 2.41. The number of halogens is 6. The van der Waals surface area contributed by atoms with Crippen molar-refractivity contribution in [3.63, 3.8) is 0 Å². The van der Waals surface area contributed by atoms with Gasteiger partial charge in [0.2, 0.25) is 0 Å². The molecule has 2 aromatic heterocycles. The third kappa shape index (κ3) is 4.59. The first-order chi connectivity index (χ1) is 11.6. The van der Waals surface area contributed by atoms with E-state index in [2.05, 4.69) is 9.97 Å². The zero-order chi connectivity index (χ0) is 18.8. The van der Waals surface area contributed by atoms with Crippen LogP contribution < -0.4 is 10.9 Å². The van der Waals surface area contributed by atoms with Gasteiger partial charge >= 0.3 is 12.1 Å². The molecule has 0 unspecified atom stereocenters. The van der Waals surface area contributed by atoms with Crippen molar-refractivity contribution in [1.82, 2.24) is 15.5 Å². The van der Waals surface area contributed by atoms with E-state index in [1.54, 1.807) is 0 Å². The Morgan fingerprint density at radius 1 is 1.36 bits per heavy atom. The molecule has 0 aromatic carbocycles. The van der Waals surface area contributed by atoms with Gasteiger partial charge in [-0.3, -0.25) is 4.79 Å². The van der Waals surface area contributed by atoms with Gasteiger partial charge in [0.15, 0.2) is 5.01 Å². The Morgan fingerprint density at radius 3 is 2.60 bits per heavy atom. The molecule has 2 aromatic rings. The van der Waals surface area contributed by atoms with Gasteiger partial charge in [0.05, 0.1) is 10.6 Å². The van der Waals surface area contributed by atoms with E-state index >= 15 is 0 Å². The summed E-state index contributed by atoms with van der Waals surface area (Å²) in [5, 5.41) is 1.63. The molecule has 0 saturated heterocycles. The lowest BCUT2D eigenvalue weighted by atomic mass is 10.1. The normalized spacial score (nSPS) is 11.7. The van der Waals surface area contributed by atoms with Gasteiger partial charge < -0.3 is 5.32 Å². The van der Waals surface area contributed by atoms with E-state index < -0.39 is 30.6 Å². The van der Waals surface area contributed by atoms with Crippen LogP contribution in [0.3, 0.4) is 0 Å². The monoisotopic (exact) mass is 384 g/mol. The van der Waals surface area contributed by atoms with Gasteiger partial charge in [-0.1, -0.05) is 4.48 Å². The lowest BCUT2D eigenvalue weighted by Crippen LogP contribution is -2.21. The number of hydrogen-bond acceptors (Lipinski definition) is 5. The predicted octanol–water partition coefficient (Wildman–Crippen LogP) is 4.04. The van der Waals surface area contributed by atoms with E-state index in [0.29, 0.717) is 11.3 Å². The molecule has 0 aliphatic carbocycles. The Hall–Kier alpha value is -2.37. The summed E-state index contributed by atoms with van der Waals surface area (Å²) in [5.41, 5.74) is 0.382. The number of alkyl halides is 5. The number of nitrogens with one attached hydrogen (secondary N) is 2. The highest BCUT2D eigenvalue weighted by Gasteiger charge is 2.27. The van der Waals surface area contributed by atoms with Crippen LogP contribution in [0.15, 0.2) is 12.3 Å². The number of pyridine rings is 1. The number of aromatic nitrogens is 2. The molecule has 0 bridgehead atoms. The molecule has 5 nitrogen and oxygen atoms in total. The highest BCUT2D eigenvalue weighted by atomic mass is 32.1. The fraction of sp³-hybridized carbons (Fsp3) is 0.308. The molecule has 0 fully saturated rings. The number of rotatable bonds is 5. The minimum Gasteiger partial charge on any atom is -0.361 e. The summed E-state index contributed by atoms with van der Waals surface area (Å²) in [6.07, 6.45) is -6.59. The van der Waals surface area contributed by atoms with Crippen molar-refractivity contribution in [2.45, 2.75) is 19.5 Å². The van der Waals surface area contributed by atoms with Crippen LogP contribution >= 0.6 is 11.3 Å². The number of carbonyl (C=O) groups excluding carboxylic acids is 1. The summed E-state index contributed by atoms with van der Waals surface area (Å²) in [7, 11) is 0. The summed E-state index contributed by atoms with van der Waals surface area (Å²) < 4.78 is 75.4. The largest absolute Gasteiger partial charge is 0.405 e. The van der Waals surface area contributed by atoms with Gasteiger partial charge in [0, 0.05) is 17.3 Å². The molecule has 0 aliphatic heterocycles. The van der Waals surface area contributed by atoms with Crippen LogP contribution in [0.5, 0.6) is 0 Å². The predicted molar refractivity (Wildman–Crippen MR) is 78.2 cm³/mol. The molecule has 25 heavy (non-hydrogen) atoms. The second kappa shape index (κ2) is 7.25. The van der Waals surface area contributed by atoms with Crippen LogP contribution in [-0.2, 0) is 0 Å². The van der Waals surface area contributed by atoms with Gasteiger partial charge in [-0.25, -0.2) is 18.7 Å². The maximum Gasteiger partial charge on any atom is 0.405 e. The summed E-state index contributed by atoms with van der Waals surface area (Å²) in [4.78, 5) is 18.8. The lowest BCUT2D eigenvalue weighted by molar-refractivity contribution is -0.115. The van der Waals surface area contributed by atoms with Crippen molar-refractivity contribution in [3.8, 4) is 10.4 Å². The van der Waals surface area contributed by atoms with Crippen LogP contribution in [0, 0.1) is 6.92 Å². The Kier molecular flexibility index (Phi) is 5.50. The third-order valence-electron chi connectivity index (χ3n) is 2.96. The highest BCUT2D eigenvalue weighted by Crippen LogP contribution is 2.37. The van der Waals surface area contributed by atoms with Gasteiger partial charge in [0.25, 0.3) is 6.43 Å². The van der Waals surface area contributed by atoms with Crippen molar-refractivity contribution >= 4 is 23.1 Å². The lowest BCUT2D eigenvalue weighted by Gasteiger charge is -2.12. The molecule has 0 spiro atoms. The third-order valence-corrected chi connectivity index (χ3v) is 4.15. The van der Waals surface area contributed by atoms with Crippen LogP contribution in [0.2, 0.25) is 0 Å². The van der Waals surface area contributed by atoms with Gasteiger partial charge in [0.1, 0.15) is 12.4 Å². The number of anilines is 1. The van der Waals surface area contributed by atoms with Gasteiger partial charge in [-0.05, 0) is 13.0 Å². The van der Waals surface area contributed by atoms with Crippen molar-refractivity contribution < 1.29 is 31.2 Å². The van der Waals surface area contributed by atoms with E-state index in [-0.39, 0.29) is 27.0 Å². The average molecular weight is 384 g/mol. The standard InChI is InChI=1S/C13H10F6N4OS/c1-5-9(25-12(22-5)11(24)23-19)7-3-20-8(2-6(7)10(14)15)21-4-13(16,17)18/h2-3,10H,4H2,1H3,(H,20,21)(H,23,24). The first kappa shape index (κ1) is 19.0. The summed E-state index contributed by atoms with van der Waals surface area (Å²) in [6, 6.07) is 0.791. The minimum absolute atomic E-state index is 0.0968. The van der Waals surface area contributed by atoms with Crippen LogP contribution in [0.1, 0.15) is 27.5 Å². The van der Waals surface area contributed by atoms with E-state index in [9.17, 15) is 31.2 Å². The molecular formula is C13H10F6N4OS. The van der Waals surface area contributed by atoms with Crippen molar-refractivity contribution in [2.75, 3.05) is 11.9 Å². The fourth-order valence-corrected chi connectivity index (χ4v) is 2.89.